The van der Waals surface area contributed by atoms with Crippen molar-refractivity contribution in [2.45, 2.75) is 24.7 Å². The summed E-state index contributed by atoms with van der Waals surface area (Å²) in [4.78, 5) is 28.2. The highest BCUT2D eigenvalue weighted by atomic mass is 35.5. The molecule has 10 nitrogen and oxygen atoms in total. The van der Waals surface area contributed by atoms with Crippen molar-refractivity contribution in [1.82, 2.24) is 9.80 Å². The number of nitrogen functional groups attached to an aromatic ring is 1. The largest absolute Gasteiger partial charge is 0.573 e. The average Bonchev–Trinajstić information content (AvgIpc) is 2.84. The summed E-state index contributed by atoms with van der Waals surface area (Å²) in [5, 5.41) is 9.23. The Morgan fingerprint density at radius 1 is 1.16 bits per heavy atom. The number of nitrogens with zero attached hydrogens (tertiary/aromatic N) is 3. The molecule has 2 amide bonds. The lowest BCUT2D eigenvalue weighted by molar-refractivity contribution is -0.275. The molecule has 0 bridgehead atoms. The number of carbonyl (C=O) groups excluding carboxylic acids is 1. The van der Waals surface area contributed by atoms with Gasteiger partial charge in [0.05, 0.1) is 21.9 Å². The van der Waals surface area contributed by atoms with Gasteiger partial charge in [-0.2, -0.15) is 0 Å². The number of anilines is 2. The molecular weight excluding hydrogens is 553 g/mol. The highest BCUT2D eigenvalue weighted by Gasteiger charge is 2.34. The van der Waals surface area contributed by atoms with Crippen molar-refractivity contribution in [3.63, 3.8) is 0 Å². The van der Waals surface area contributed by atoms with Crippen LogP contribution in [-0.4, -0.2) is 80.7 Å². The van der Waals surface area contributed by atoms with E-state index in [1.165, 1.54) is 43.1 Å². The fourth-order valence-electron chi connectivity index (χ4n) is 3.97. The van der Waals surface area contributed by atoms with Crippen LogP contribution in [0.5, 0.6) is 5.75 Å². The zero-order valence-corrected chi connectivity index (χ0v) is 22.0. The highest BCUT2D eigenvalue weighted by Crippen LogP contribution is 2.34. The number of hydrogen-bond donors (Lipinski definition) is 2. The van der Waals surface area contributed by atoms with Gasteiger partial charge in [0.1, 0.15) is 5.75 Å². The lowest BCUT2D eigenvalue weighted by atomic mass is 10.1. The molecule has 0 aliphatic carbocycles. The number of alkyl halides is 3. The summed E-state index contributed by atoms with van der Waals surface area (Å²) >= 11 is 6.03. The molecule has 3 N–H and O–H groups in total. The predicted molar refractivity (Wildman–Crippen MR) is 134 cm³/mol. The van der Waals surface area contributed by atoms with Crippen LogP contribution in [0.1, 0.15) is 22.8 Å². The molecule has 0 spiro atoms. The van der Waals surface area contributed by atoms with Crippen molar-refractivity contribution >= 4 is 44.8 Å². The van der Waals surface area contributed by atoms with Crippen LogP contribution in [0.25, 0.3) is 0 Å². The summed E-state index contributed by atoms with van der Waals surface area (Å²) in [6, 6.07) is 5.91. The fourth-order valence-corrected chi connectivity index (χ4v) is 5.24. The monoisotopic (exact) mass is 578 g/mol. The molecule has 0 atom stereocenters. The van der Waals surface area contributed by atoms with Gasteiger partial charge in [-0.3, -0.25) is 9.69 Å². The second-order valence-electron chi connectivity index (χ2n) is 8.52. The molecule has 1 heterocycles. The van der Waals surface area contributed by atoms with Crippen LogP contribution in [0, 0.1) is 0 Å². The van der Waals surface area contributed by atoms with E-state index in [2.05, 4.69) is 4.74 Å². The summed E-state index contributed by atoms with van der Waals surface area (Å²) < 4.78 is 69.1. The van der Waals surface area contributed by atoms with Crippen molar-refractivity contribution in [2.75, 3.05) is 49.6 Å². The molecule has 2 aromatic carbocycles. The standard InChI is InChI=1S/C23H26ClF3N4O6S/c1-3-38(35,36)20-5-4-15(24)11-18(20)29(2)21(32)16-12-19(37-23(25,26)27)14(10-17(16)28)13-30-6-8-31(9-7-30)22(33)34/h4-5,10-12H,3,6-9,13,28H2,1-2H3,(H,33,34). The number of carboxylic acid groups (broad SMARTS) is 1. The molecule has 0 radical (unpaired) electrons. The molecule has 0 unspecified atom stereocenters. The van der Waals surface area contributed by atoms with Crippen LogP contribution in [0.15, 0.2) is 35.2 Å². The minimum atomic E-state index is -5.07. The number of benzene rings is 2. The number of halogens is 4. The van der Waals surface area contributed by atoms with Crippen molar-refractivity contribution in [2.24, 2.45) is 0 Å². The van der Waals surface area contributed by atoms with E-state index in [9.17, 15) is 31.2 Å². The molecule has 1 aliphatic rings. The van der Waals surface area contributed by atoms with Crippen LogP contribution < -0.4 is 15.4 Å². The first-order valence-electron chi connectivity index (χ1n) is 11.3. The maximum atomic E-state index is 13.4. The Bertz CT molecular complexity index is 1330. The van der Waals surface area contributed by atoms with Crippen LogP contribution in [0.3, 0.4) is 0 Å². The third kappa shape index (κ3) is 6.79. The van der Waals surface area contributed by atoms with Gasteiger partial charge in [0.2, 0.25) is 0 Å². The number of sulfone groups is 1. The van der Waals surface area contributed by atoms with Crippen molar-refractivity contribution < 1.29 is 41.0 Å². The average molecular weight is 579 g/mol. The van der Waals surface area contributed by atoms with Crippen LogP contribution in [0.4, 0.5) is 29.3 Å². The summed E-state index contributed by atoms with van der Waals surface area (Å²) in [6.45, 7) is 2.26. The highest BCUT2D eigenvalue weighted by molar-refractivity contribution is 7.91. The van der Waals surface area contributed by atoms with Gasteiger partial charge in [0.25, 0.3) is 5.91 Å². The molecule has 1 saturated heterocycles. The topological polar surface area (TPSA) is 133 Å². The van der Waals surface area contributed by atoms with Gasteiger partial charge >= 0.3 is 12.5 Å². The SMILES string of the molecule is CCS(=O)(=O)c1ccc(Cl)cc1N(C)C(=O)c1cc(OC(F)(F)F)c(CN2CCN(C(=O)O)CC2)cc1N. The van der Waals surface area contributed by atoms with E-state index < -0.39 is 33.9 Å². The lowest BCUT2D eigenvalue weighted by Gasteiger charge is -2.33. The van der Waals surface area contributed by atoms with E-state index in [0.29, 0.717) is 0 Å². The maximum absolute atomic E-state index is 13.4. The van der Waals surface area contributed by atoms with Gasteiger partial charge in [-0.25, -0.2) is 13.2 Å². The number of ether oxygens (including phenoxy) is 1. The first-order valence-corrected chi connectivity index (χ1v) is 13.3. The minimum absolute atomic E-state index is 0.0411. The van der Waals surface area contributed by atoms with Gasteiger partial charge in [-0.05, 0) is 30.3 Å². The molecule has 3 rings (SSSR count). The second-order valence-corrected chi connectivity index (χ2v) is 11.2. The Hall–Kier alpha value is -3.23. The molecule has 0 aromatic heterocycles. The van der Waals surface area contributed by atoms with Crippen LogP contribution >= 0.6 is 11.6 Å². The van der Waals surface area contributed by atoms with E-state index in [1.54, 1.807) is 4.90 Å². The summed E-state index contributed by atoms with van der Waals surface area (Å²) in [7, 11) is -2.53. The maximum Gasteiger partial charge on any atom is 0.573 e. The van der Waals surface area contributed by atoms with Crippen molar-refractivity contribution in [3.8, 4) is 5.75 Å². The number of rotatable bonds is 7. The third-order valence-corrected chi connectivity index (χ3v) is 8.04. The summed E-state index contributed by atoms with van der Waals surface area (Å²) in [5.74, 6) is -1.80. The fraction of sp³-hybridized carbons (Fsp3) is 0.391. The Labute approximate surface area is 222 Å². The van der Waals surface area contributed by atoms with Gasteiger partial charge in [0, 0.05) is 56.0 Å². The second kappa shape index (κ2) is 11.3. The van der Waals surface area contributed by atoms with Crippen molar-refractivity contribution in [1.29, 1.82) is 0 Å². The zero-order chi connectivity index (χ0) is 28.4. The Kier molecular flexibility index (Phi) is 8.68. The number of piperazine rings is 1. The number of hydrogen-bond acceptors (Lipinski definition) is 7. The van der Waals surface area contributed by atoms with Gasteiger partial charge in [-0.15, -0.1) is 13.2 Å². The van der Waals surface area contributed by atoms with Crippen LogP contribution in [0.2, 0.25) is 5.02 Å². The van der Waals surface area contributed by atoms with Crippen LogP contribution in [-0.2, 0) is 16.4 Å². The quantitative estimate of drug-likeness (QED) is 0.475. The molecular formula is C23H26ClF3N4O6S. The minimum Gasteiger partial charge on any atom is -0.465 e. The van der Waals surface area contributed by atoms with Crippen molar-refractivity contribution in [3.05, 3.63) is 46.5 Å². The summed E-state index contributed by atoms with van der Waals surface area (Å²) in [5.41, 5.74) is 5.56. The Balaban J connectivity index is 1.98. The van der Waals surface area contributed by atoms with E-state index in [0.717, 1.165) is 11.0 Å². The van der Waals surface area contributed by atoms with E-state index >= 15 is 0 Å². The Morgan fingerprint density at radius 2 is 1.79 bits per heavy atom. The molecule has 2 aromatic rings. The molecule has 1 fully saturated rings. The van der Waals surface area contributed by atoms with E-state index in [-0.39, 0.29) is 70.9 Å². The summed E-state index contributed by atoms with van der Waals surface area (Å²) in [6.07, 6.45) is -6.16. The van der Waals surface area contributed by atoms with E-state index in [4.69, 9.17) is 22.4 Å². The van der Waals surface area contributed by atoms with Gasteiger partial charge in [-0.1, -0.05) is 18.5 Å². The number of nitrogens with two attached hydrogens (primary N) is 1. The molecule has 0 saturated carbocycles. The predicted octanol–water partition coefficient (Wildman–Crippen LogP) is 3.69. The first-order chi connectivity index (χ1) is 17.6. The normalized spacial score (nSPS) is 14.8. The molecule has 1 aliphatic heterocycles. The number of amides is 2. The zero-order valence-electron chi connectivity index (χ0n) is 20.5. The van der Waals surface area contributed by atoms with E-state index in [1.807, 2.05) is 0 Å². The lowest BCUT2D eigenvalue weighted by Crippen LogP contribution is -2.47. The first kappa shape index (κ1) is 29.3. The van der Waals surface area contributed by atoms with Gasteiger partial charge < -0.3 is 25.4 Å². The number of carbonyl (C=O) groups is 2. The molecule has 38 heavy (non-hydrogen) atoms. The Morgan fingerprint density at radius 3 is 2.34 bits per heavy atom. The third-order valence-electron chi connectivity index (χ3n) is 6.03. The molecule has 15 heteroatoms. The smallest absolute Gasteiger partial charge is 0.465 e. The van der Waals surface area contributed by atoms with Gasteiger partial charge in [0.15, 0.2) is 9.84 Å². The molecule has 208 valence electrons.